The lowest BCUT2D eigenvalue weighted by atomic mass is 10.3. The maximum Gasteiger partial charge on any atom is 0.361 e. The van der Waals surface area contributed by atoms with E-state index in [1.54, 1.807) is 50.2 Å². The van der Waals surface area contributed by atoms with Crippen molar-refractivity contribution in [1.29, 1.82) is 0 Å². The zero-order chi connectivity index (χ0) is 16.0. The number of anilines is 1. The quantitative estimate of drug-likeness (QED) is 0.617. The van der Waals surface area contributed by atoms with E-state index in [9.17, 15) is 4.57 Å². The highest BCUT2D eigenvalue weighted by Crippen LogP contribution is 2.47. The number of nitrogens with two attached hydrogens (primary N) is 1. The first-order valence-electron chi connectivity index (χ1n) is 7.11. The first-order chi connectivity index (χ1) is 10.6. The van der Waals surface area contributed by atoms with E-state index in [0.717, 1.165) is 0 Å². The van der Waals surface area contributed by atoms with Crippen LogP contribution in [-0.2, 0) is 13.6 Å². The lowest BCUT2D eigenvalue weighted by Crippen LogP contribution is -2.10. The van der Waals surface area contributed by atoms with E-state index in [1.165, 1.54) is 0 Å². The van der Waals surface area contributed by atoms with Crippen molar-refractivity contribution in [1.82, 2.24) is 0 Å². The second kappa shape index (κ2) is 7.45. The van der Waals surface area contributed by atoms with Gasteiger partial charge in [-0.1, -0.05) is 18.2 Å². The van der Waals surface area contributed by atoms with Gasteiger partial charge in [0.15, 0.2) is 0 Å². The molecule has 0 heterocycles. The number of rotatable bonds is 7. The van der Waals surface area contributed by atoms with Gasteiger partial charge in [-0.25, -0.2) is 0 Å². The minimum atomic E-state index is -3.33. The molecule has 0 amide bonds. The van der Waals surface area contributed by atoms with Crippen molar-refractivity contribution < 1.29 is 18.3 Å². The van der Waals surface area contributed by atoms with Crippen LogP contribution in [0.5, 0.6) is 11.5 Å². The molecule has 2 rings (SSSR count). The monoisotopic (exact) mass is 321 g/mol. The summed E-state index contributed by atoms with van der Waals surface area (Å²) in [7, 11) is -3.33. The van der Waals surface area contributed by atoms with E-state index >= 15 is 0 Å². The largest absolute Gasteiger partial charge is 0.455 e. The number of hydrogen-bond acceptors (Lipinski definition) is 5. The number of ether oxygens (including phenoxy) is 1. The van der Waals surface area contributed by atoms with Crippen molar-refractivity contribution in [3.63, 3.8) is 0 Å². The van der Waals surface area contributed by atoms with Crippen molar-refractivity contribution in [2.45, 2.75) is 13.8 Å². The van der Waals surface area contributed by atoms with Crippen molar-refractivity contribution >= 4 is 18.6 Å². The van der Waals surface area contributed by atoms with Gasteiger partial charge in [-0.3, -0.25) is 4.57 Å². The smallest absolute Gasteiger partial charge is 0.361 e. The molecule has 0 bridgehead atoms. The highest BCUT2D eigenvalue weighted by molar-refractivity contribution is 7.62. The Hall–Kier alpha value is -1.81. The molecule has 0 aromatic heterocycles. The summed E-state index contributed by atoms with van der Waals surface area (Å²) >= 11 is 0. The fraction of sp³-hybridized carbons (Fsp3) is 0.250. The summed E-state index contributed by atoms with van der Waals surface area (Å²) in [5, 5.41) is 0.461. The Morgan fingerprint density at radius 3 is 2.32 bits per heavy atom. The van der Waals surface area contributed by atoms with Gasteiger partial charge in [0.1, 0.15) is 11.5 Å². The van der Waals surface area contributed by atoms with E-state index in [-0.39, 0.29) is 0 Å². The predicted molar refractivity (Wildman–Crippen MR) is 87.9 cm³/mol. The molecule has 2 N–H and O–H groups in total. The van der Waals surface area contributed by atoms with Crippen LogP contribution in [0.4, 0.5) is 5.69 Å². The van der Waals surface area contributed by atoms with Crippen LogP contribution in [0.1, 0.15) is 13.8 Å². The number of nitrogen functional groups attached to an aromatic ring is 1. The Morgan fingerprint density at radius 1 is 1.00 bits per heavy atom. The summed E-state index contributed by atoms with van der Waals surface area (Å²) in [6, 6.07) is 14.0. The molecule has 0 atom stereocenters. The molecule has 0 aliphatic heterocycles. The van der Waals surface area contributed by atoms with Gasteiger partial charge in [0.25, 0.3) is 0 Å². The molecular formula is C16H20NO4P. The average Bonchev–Trinajstić information content (AvgIpc) is 2.50. The lowest BCUT2D eigenvalue weighted by Gasteiger charge is -2.18. The average molecular weight is 321 g/mol. The number of para-hydroxylation sites is 2. The van der Waals surface area contributed by atoms with Crippen LogP contribution in [-0.4, -0.2) is 13.2 Å². The third-order valence-corrected chi connectivity index (χ3v) is 4.99. The third kappa shape index (κ3) is 3.89. The molecule has 2 aromatic rings. The van der Waals surface area contributed by atoms with Crippen molar-refractivity contribution in [3.8, 4) is 11.5 Å². The Labute approximate surface area is 130 Å². The zero-order valence-electron chi connectivity index (χ0n) is 12.7. The van der Waals surface area contributed by atoms with Gasteiger partial charge < -0.3 is 19.5 Å². The number of hydrogen-bond donors (Lipinski definition) is 1. The van der Waals surface area contributed by atoms with Gasteiger partial charge in [-0.2, -0.15) is 0 Å². The molecular weight excluding hydrogens is 301 g/mol. The summed E-state index contributed by atoms with van der Waals surface area (Å²) in [5.74, 6) is 1.07. The molecule has 118 valence electrons. The van der Waals surface area contributed by atoms with E-state index in [0.29, 0.717) is 35.7 Å². The molecule has 0 aliphatic rings. The Balaban J connectivity index is 2.30. The van der Waals surface area contributed by atoms with Crippen LogP contribution in [0.3, 0.4) is 0 Å². The minimum Gasteiger partial charge on any atom is -0.455 e. The molecule has 0 saturated heterocycles. The molecule has 6 heteroatoms. The van der Waals surface area contributed by atoms with Crippen LogP contribution in [0.2, 0.25) is 0 Å². The summed E-state index contributed by atoms with van der Waals surface area (Å²) in [6.07, 6.45) is 0. The second-order valence-corrected chi connectivity index (χ2v) is 6.50. The zero-order valence-corrected chi connectivity index (χ0v) is 13.6. The maximum atomic E-state index is 12.8. The van der Waals surface area contributed by atoms with Gasteiger partial charge >= 0.3 is 7.60 Å². The molecule has 2 aromatic carbocycles. The maximum absolute atomic E-state index is 12.8. The van der Waals surface area contributed by atoms with Crippen molar-refractivity contribution in [2.75, 3.05) is 18.9 Å². The summed E-state index contributed by atoms with van der Waals surface area (Å²) in [4.78, 5) is 0. The first-order valence-corrected chi connectivity index (χ1v) is 8.65. The van der Waals surface area contributed by atoms with Gasteiger partial charge in [0, 0.05) is 0 Å². The Morgan fingerprint density at radius 2 is 1.68 bits per heavy atom. The lowest BCUT2D eigenvalue weighted by molar-refractivity contribution is 0.230. The number of benzene rings is 2. The van der Waals surface area contributed by atoms with Gasteiger partial charge in [0.2, 0.25) is 0 Å². The van der Waals surface area contributed by atoms with E-state index in [1.807, 2.05) is 12.1 Å². The van der Waals surface area contributed by atoms with Crippen LogP contribution < -0.4 is 15.8 Å². The molecule has 0 aliphatic carbocycles. The van der Waals surface area contributed by atoms with Crippen molar-refractivity contribution in [3.05, 3.63) is 48.5 Å². The van der Waals surface area contributed by atoms with Crippen LogP contribution in [0.25, 0.3) is 0 Å². The summed E-state index contributed by atoms with van der Waals surface area (Å²) < 4.78 is 29.2. The third-order valence-electron chi connectivity index (χ3n) is 2.88. The minimum absolute atomic E-state index is 0.300. The van der Waals surface area contributed by atoms with E-state index < -0.39 is 7.60 Å². The molecule has 0 unspecified atom stereocenters. The fourth-order valence-electron chi connectivity index (χ4n) is 1.94. The van der Waals surface area contributed by atoms with E-state index in [2.05, 4.69) is 0 Å². The van der Waals surface area contributed by atoms with Crippen molar-refractivity contribution in [2.24, 2.45) is 0 Å². The standard InChI is InChI=1S/C16H20NO4P/c1-3-19-22(18,20-4-2)14-9-7-8-13(12-14)21-16-11-6-5-10-15(16)17/h5-12H,3-4,17H2,1-2H3. The SMILES string of the molecule is CCOP(=O)(OCC)c1cccc(Oc2ccccc2N)c1. The van der Waals surface area contributed by atoms with E-state index in [4.69, 9.17) is 19.5 Å². The molecule has 5 nitrogen and oxygen atoms in total. The van der Waals surface area contributed by atoms with Gasteiger partial charge in [-0.05, 0) is 44.2 Å². The highest BCUT2D eigenvalue weighted by atomic mass is 31.2. The second-order valence-electron chi connectivity index (χ2n) is 4.47. The van der Waals surface area contributed by atoms with Gasteiger partial charge in [0.05, 0.1) is 24.2 Å². The Kier molecular flexibility index (Phi) is 5.61. The normalized spacial score (nSPS) is 11.4. The summed E-state index contributed by atoms with van der Waals surface area (Å²) in [6.45, 7) is 4.15. The van der Waals surface area contributed by atoms with Gasteiger partial charge in [-0.15, -0.1) is 0 Å². The topological polar surface area (TPSA) is 70.8 Å². The van der Waals surface area contributed by atoms with Crippen LogP contribution in [0.15, 0.2) is 48.5 Å². The fourth-order valence-corrected chi connectivity index (χ4v) is 3.55. The van der Waals surface area contributed by atoms with Crippen LogP contribution >= 0.6 is 7.60 Å². The Bertz CT molecular complexity index is 665. The molecule has 0 radical (unpaired) electrons. The predicted octanol–water partition coefficient (Wildman–Crippen LogP) is 3.95. The molecule has 0 fully saturated rings. The summed E-state index contributed by atoms with van der Waals surface area (Å²) in [5.41, 5.74) is 6.39. The molecule has 22 heavy (non-hydrogen) atoms. The first kappa shape index (κ1) is 16.6. The highest BCUT2D eigenvalue weighted by Gasteiger charge is 2.27. The van der Waals surface area contributed by atoms with Crippen LogP contribution in [0, 0.1) is 0 Å². The molecule has 0 saturated carbocycles. The molecule has 0 spiro atoms.